The van der Waals surface area contributed by atoms with Crippen LogP contribution in [0, 0.1) is 12.3 Å². The van der Waals surface area contributed by atoms with Gasteiger partial charge in [0.15, 0.2) is 0 Å². The minimum atomic E-state index is 0.500. The normalized spacial score (nSPS) is 11.1. The van der Waals surface area contributed by atoms with Gasteiger partial charge in [0.05, 0.1) is 0 Å². The van der Waals surface area contributed by atoms with Crippen molar-refractivity contribution in [2.75, 3.05) is 0 Å². The van der Waals surface area contributed by atoms with Crippen molar-refractivity contribution in [1.82, 2.24) is 4.57 Å². The van der Waals surface area contributed by atoms with Crippen molar-refractivity contribution in [1.29, 1.82) is 0 Å². The van der Waals surface area contributed by atoms with Gasteiger partial charge in [-0.2, -0.15) is 0 Å². The van der Waals surface area contributed by atoms with Crippen molar-refractivity contribution in [2.24, 2.45) is 12.5 Å². The Hall–Kier alpha value is -1.24. The Morgan fingerprint density at radius 3 is 2.00 bits per heavy atom. The molecule has 1 nitrogen and oxygen atoms in total. The van der Waals surface area contributed by atoms with Gasteiger partial charge in [0.1, 0.15) is 0 Å². The zero-order valence-electron chi connectivity index (χ0n) is 11.3. The van der Waals surface area contributed by atoms with E-state index < -0.39 is 0 Å². The van der Waals surface area contributed by atoms with Crippen molar-refractivity contribution < 1.29 is 0 Å². The molecule has 0 spiro atoms. The van der Waals surface area contributed by atoms with Crippen LogP contribution in [0.4, 0.5) is 0 Å². The van der Waals surface area contributed by atoms with Crippen molar-refractivity contribution in [3.8, 4) is 0 Å². The molecule has 0 unspecified atom stereocenters. The number of fused-ring (bicyclic) bond motifs is 1. The van der Waals surface area contributed by atoms with Crippen molar-refractivity contribution in [3.05, 3.63) is 36.0 Å². The second-order valence-corrected chi connectivity index (χ2v) is 5.94. The van der Waals surface area contributed by atoms with E-state index in [1.807, 2.05) is 0 Å². The van der Waals surface area contributed by atoms with Crippen LogP contribution >= 0.6 is 0 Å². The van der Waals surface area contributed by atoms with Gasteiger partial charge in [0, 0.05) is 24.1 Å². The van der Waals surface area contributed by atoms with Crippen LogP contribution in [0.3, 0.4) is 0 Å². The number of benzene rings is 1. The average Bonchev–Trinajstić information content (AvgIpc) is 2.41. The Morgan fingerprint density at radius 1 is 1.00 bits per heavy atom. The highest BCUT2D eigenvalue weighted by Gasteiger charge is 1.99. The summed E-state index contributed by atoms with van der Waals surface area (Å²) in [4.78, 5) is 0. The molecule has 0 saturated carbocycles. The molecule has 0 amide bonds. The molecule has 0 aliphatic carbocycles. The maximum Gasteiger partial charge on any atom is 0.0480 e. The summed E-state index contributed by atoms with van der Waals surface area (Å²) in [6.45, 7) is 10.9. The van der Waals surface area contributed by atoms with E-state index in [4.69, 9.17) is 0 Å². The number of nitrogens with zero attached hydrogens (tertiary/aromatic N) is 1. The van der Waals surface area contributed by atoms with Gasteiger partial charge in [-0.25, -0.2) is 0 Å². The van der Waals surface area contributed by atoms with Gasteiger partial charge in [-0.3, -0.25) is 0 Å². The monoisotopic (exact) mass is 217 g/mol. The second-order valence-electron chi connectivity index (χ2n) is 5.94. The SMILES string of the molecule is CC(C)(C)C.Cc1cn(C)c2ccccc12. The lowest BCUT2D eigenvalue weighted by Crippen LogP contribution is -1.93. The van der Waals surface area contributed by atoms with Gasteiger partial charge in [-0.05, 0) is 24.0 Å². The highest BCUT2D eigenvalue weighted by atomic mass is 14.9. The van der Waals surface area contributed by atoms with Crippen molar-refractivity contribution >= 4 is 10.9 Å². The first-order valence-electron chi connectivity index (χ1n) is 5.80. The van der Waals surface area contributed by atoms with Crippen molar-refractivity contribution in [3.63, 3.8) is 0 Å². The van der Waals surface area contributed by atoms with Gasteiger partial charge >= 0.3 is 0 Å². The number of aryl methyl sites for hydroxylation is 2. The number of rotatable bonds is 0. The molecule has 0 saturated heterocycles. The minimum absolute atomic E-state index is 0.500. The van der Waals surface area contributed by atoms with Gasteiger partial charge in [0.25, 0.3) is 0 Å². The quantitative estimate of drug-likeness (QED) is 0.610. The molecular formula is C15H23N. The zero-order chi connectivity index (χ0) is 12.3. The van der Waals surface area contributed by atoms with E-state index in [1.165, 1.54) is 16.5 Å². The van der Waals surface area contributed by atoms with Crippen molar-refractivity contribution in [2.45, 2.75) is 34.6 Å². The van der Waals surface area contributed by atoms with E-state index in [1.54, 1.807) is 0 Å². The van der Waals surface area contributed by atoms with E-state index >= 15 is 0 Å². The summed E-state index contributed by atoms with van der Waals surface area (Å²) in [7, 11) is 2.08. The summed E-state index contributed by atoms with van der Waals surface area (Å²) in [6, 6.07) is 8.45. The molecule has 0 aliphatic rings. The molecule has 0 atom stereocenters. The van der Waals surface area contributed by atoms with Gasteiger partial charge in [-0.1, -0.05) is 45.9 Å². The molecule has 0 radical (unpaired) electrons. The Labute approximate surface area is 99.1 Å². The maximum atomic E-state index is 2.19. The summed E-state index contributed by atoms with van der Waals surface area (Å²) in [5, 5.41) is 1.36. The Balaban J connectivity index is 0.000000221. The molecule has 0 N–H and O–H groups in total. The van der Waals surface area contributed by atoms with E-state index in [9.17, 15) is 0 Å². The molecule has 2 rings (SSSR count). The zero-order valence-corrected chi connectivity index (χ0v) is 11.3. The highest BCUT2D eigenvalue weighted by Crippen LogP contribution is 2.18. The molecule has 0 bridgehead atoms. The molecule has 88 valence electrons. The Bertz CT molecular complexity index is 416. The number of aromatic nitrogens is 1. The maximum absolute atomic E-state index is 2.19. The lowest BCUT2D eigenvalue weighted by Gasteiger charge is -2.05. The number of para-hydroxylation sites is 1. The molecule has 1 heterocycles. The molecule has 16 heavy (non-hydrogen) atoms. The fraction of sp³-hybridized carbons (Fsp3) is 0.467. The first-order valence-corrected chi connectivity index (χ1v) is 5.80. The first kappa shape index (κ1) is 12.8. The third kappa shape index (κ3) is 3.73. The third-order valence-electron chi connectivity index (χ3n) is 2.10. The fourth-order valence-corrected chi connectivity index (χ4v) is 1.54. The van der Waals surface area contributed by atoms with Crippen LogP contribution in [0.1, 0.15) is 33.3 Å². The summed E-state index contributed by atoms with van der Waals surface area (Å²) < 4.78 is 2.16. The van der Waals surface area contributed by atoms with E-state index in [-0.39, 0.29) is 0 Å². The van der Waals surface area contributed by atoms with Crippen LogP contribution in [-0.2, 0) is 7.05 Å². The summed E-state index contributed by atoms with van der Waals surface area (Å²) in [6.07, 6.45) is 2.16. The standard InChI is InChI=1S/C10H11N.C5H12/c1-8-7-11(2)10-6-4-3-5-9(8)10;1-5(2,3)4/h3-7H,1-2H3;1-4H3. The van der Waals surface area contributed by atoms with Crippen LogP contribution in [0.5, 0.6) is 0 Å². The molecule has 1 aromatic carbocycles. The van der Waals surface area contributed by atoms with E-state index in [0.29, 0.717) is 5.41 Å². The molecule has 0 fully saturated rings. The Kier molecular flexibility index (Phi) is 3.79. The average molecular weight is 217 g/mol. The first-order chi connectivity index (χ1) is 7.29. The van der Waals surface area contributed by atoms with Gasteiger partial charge < -0.3 is 4.57 Å². The predicted octanol–water partition coefficient (Wildman–Crippen LogP) is 4.54. The van der Waals surface area contributed by atoms with Crippen LogP contribution < -0.4 is 0 Å². The molecule has 1 aromatic heterocycles. The largest absolute Gasteiger partial charge is 0.350 e. The lowest BCUT2D eigenvalue weighted by molar-refractivity contribution is 0.469. The third-order valence-corrected chi connectivity index (χ3v) is 2.10. The van der Waals surface area contributed by atoms with Crippen LogP contribution in [0.15, 0.2) is 30.5 Å². The number of hydrogen-bond acceptors (Lipinski definition) is 0. The minimum Gasteiger partial charge on any atom is -0.350 e. The summed E-state index contributed by atoms with van der Waals surface area (Å²) in [5.74, 6) is 0. The van der Waals surface area contributed by atoms with E-state index in [2.05, 4.69) is 76.7 Å². The molecule has 0 aliphatic heterocycles. The summed E-state index contributed by atoms with van der Waals surface area (Å²) in [5.41, 5.74) is 3.16. The molecular weight excluding hydrogens is 194 g/mol. The smallest absolute Gasteiger partial charge is 0.0480 e. The van der Waals surface area contributed by atoms with Crippen LogP contribution in [0.2, 0.25) is 0 Å². The predicted molar refractivity (Wildman–Crippen MR) is 72.8 cm³/mol. The topological polar surface area (TPSA) is 4.93 Å². The van der Waals surface area contributed by atoms with Crippen LogP contribution in [-0.4, -0.2) is 4.57 Å². The second kappa shape index (κ2) is 4.73. The van der Waals surface area contributed by atoms with E-state index in [0.717, 1.165) is 0 Å². The van der Waals surface area contributed by atoms with Gasteiger partial charge in [0.2, 0.25) is 0 Å². The number of hydrogen-bond donors (Lipinski definition) is 0. The highest BCUT2D eigenvalue weighted by molar-refractivity contribution is 5.83. The van der Waals surface area contributed by atoms with Crippen LogP contribution in [0.25, 0.3) is 10.9 Å². The lowest BCUT2D eigenvalue weighted by atomic mass is 10.0. The fourth-order valence-electron chi connectivity index (χ4n) is 1.54. The molecule has 1 heteroatoms. The molecule has 2 aromatic rings. The Morgan fingerprint density at radius 2 is 1.50 bits per heavy atom. The van der Waals surface area contributed by atoms with Gasteiger partial charge in [-0.15, -0.1) is 0 Å². The summed E-state index contributed by atoms with van der Waals surface area (Å²) >= 11 is 0.